The number of anilines is 2. The number of likely N-dealkylation sites (N-methyl/N-ethyl adjacent to an activating group) is 1. The van der Waals surface area contributed by atoms with Crippen LogP contribution in [-0.4, -0.2) is 60.4 Å². The Hall–Kier alpha value is -4.57. The summed E-state index contributed by atoms with van der Waals surface area (Å²) in [6, 6.07) is 5.18. The maximum absolute atomic E-state index is 15.6. The van der Waals surface area contributed by atoms with E-state index in [0.717, 1.165) is 16.5 Å². The van der Waals surface area contributed by atoms with E-state index in [9.17, 15) is 18.6 Å². The van der Waals surface area contributed by atoms with Crippen molar-refractivity contribution in [1.29, 1.82) is 0 Å². The highest BCUT2D eigenvalue weighted by Gasteiger charge is 2.46. The SMILES string of the molecule is CCN(CCNC(C)=O)c1c(F)c(F)c(NC2=C/C(=N/S(=O)Oc3cc(C)ccc3C)C(=O)C3=C2NC(=O)C2CCOCC32)c(F)c1F. The number of nitrogens with zero attached hydrogens (tertiary/aromatic N) is 2. The molecule has 16 heteroatoms. The third kappa shape index (κ3) is 6.85. The number of aryl methyl sites for hydroxylation is 2. The van der Waals surface area contributed by atoms with Crippen molar-refractivity contribution >= 4 is 46.0 Å². The van der Waals surface area contributed by atoms with E-state index >= 15 is 17.6 Å². The normalized spacial score (nSPS) is 20.4. The van der Waals surface area contributed by atoms with Gasteiger partial charge in [0.25, 0.3) is 0 Å². The molecule has 3 unspecified atom stereocenters. The lowest BCUT2D eigenvalue weighted by atomic mass is 9.74. The van der Waals surface area contributed by atoms with Crippen molar-refractivity contribution in [2.75, 3.05) is 43.1 Å². The highest BCUT2D eigenvalue weighted by Crippen LogP contribution is 2.40. The van der Waals surface area contributed by atoms with E-state index in [4.69, 9.17) is 8.92 Å². The minimum absolute atomic E-state index is 0.0414. The number of carbonyl (C=O) groups is 3. The van der Waals surface area contributed by atoms with Gasteiger partial charge in [-0.25, -0.2) is 17.6 Å². The molecule has 1 fully saturated rings. The monoisotopic (exact) mass is 691 g/mol. The predicted octanol–water partition coefficient (Wildman–Crippen LogP) is 3.84. The lowest BCUT2D eigenvalue weighted by Crippen LogP contribution is -2.50. The summed E-state index contributed by atoms with van der Waals surface area (Å²) < 4.78 is 90.1. The van der Waals surface area contributed by atoms with E-state index < -0.39 is 81.1 Å². The topological polar surface area (TPSA) is 138 Å². The second-order valence-corrected chi connectivity index (χ2v) is 12.2. The fourth-order valence-corrected chi connectivity index (χ4v) is 6.45. The summed E-state index contributed by atoms with van der Waals surface area (Å²) >= 11 is -2.48. The number of carbonyl (C=O) groups excluding carboxylic acids is 3. The molecule has 0 radical (unpaired) electrons. The van der Waals surface area contributed by atoms with Crippen LogP contribution >= 0.6 is 0 Å². The average molecular weight is 692 g/mol. The fraction of sp³-hybridized carbons (Fsp3) is 0.375. The van der Waals surface area contributed by atoms with Crippen molar-refractivity contribution in [2.45, 2.75) is 34.1 Å². The quantitative estimate of drug-likeness (QED) is 0.194. The maximum Gasteiger partial charge on any atom is 0.339 e. The predicted molar refractivity (Wildman–Crippen MR) is 169 cm³/mol. The van der Waals surface area contributed by atoms with E-state index in [1.807, 2.05) is 6.07 Å². The molecular weight excluding hydrogens is 658 g/mol. The van der Waals surface area contributed by atoms with Crippen molar-refractivity contribution in [1.82, 2.24) is 10.6 Å². The molecule has 2 amide bonds. The van der Waals surface area contributed by atoms with E-state index in [0.29, 0.717) is 5.56 Å². The number of benzene rings is 2. The Kier molecular flexibility index (Phi) is 10.3. The zero-order valence-electron chi connectivity index (χ0n) is 26.5. The Balaban J connectivity index is 1.57. The first-order valence-corrected chi connectivity index (χ1v) is 16.1. The maximum atomic E-state index is 15.6. The van der Waals surface area contributed by atoms with Crippen LogP contribution in [0, 0.1) is 49.0 Å². The standard InChI is InChI=1S/C32H33F4N5O6S/c1-5-41(10-9-37-17(4)42)30-26(35)24(33)29(25(34)27(30)36)38-20-13-21(40-48(45)47-22-12-15(2)6-7-16(22)3)31(43)23-19-14-46-11-8-18(19)32(44)39-28(20)23/h6-7,12-13,18-19,38H,5,8-11,14H2,1-4H3,(H,37,42)(H,39,44)/b40-21-. The second-order valence-electron chi connectivity index (χ2n) is 11.5. The summed E-state index contributed by atoms with van der Waals surface area (Å²) in [5.74, 6) is -9.89. The summed E-state index contributed by atoms with van der Waals surface area (Å²) in [7, 11) is 0. The molecule has 2 aliphatic heterocycles. The first-order chi connectivity index (χ1) is 22.8. The van der Waals surface area contributed by atoms with Gasteiger partial charge in [0.05, 0.1) is 18.0 Å². The molecule has 0 spiro atoms. The van der Waals surface area contributed by atoms with Gasteiger partial charge in [0.2, 0.25) is 17.6 Å². The number of halogens is 4. The van der Waals surface area contributed by atoms with Crippen LogP contribution in [0.15, 0.2) is 45.6 Å². The molecular formula is C32H33F4N5O6S. The molecule has 5 rings (SSSR count). The molecule has 1 saturated heterocycles. The number of Topliss-reactive ketones (excluding diaryl/α,β-unsaturated/α-hetero) is 1. The zero-order valence-corrected chi connectivity index (χ0v) is 27.3. The largest absolute Gasteiger partial charge is 0.383 e. The van der Waals surface area contributed by atoms with Crippen molar-refractivity contribution in [2.24, 2.45) is 16.2 Å². The number of ether oxygens (including phenoxy) is 1. The summed E-state index contributed by atoms with van der Waals surface area (Å²) in [6.07, 6.45) is 1.24. The molecule has 0 aromatic heterocycles. The molecule has 3 aliphatic rings. The van der Waals surface area contributed by atoms with Crippen molar-refractivity contribution < 1.29 is 45.1 Å². The third-order valence-corrected chi connectivity index (χ3v) is 8.91. The highest BCUT2D eigenvalue weighted by atomic mass is 32.2. The van der Waals surface area contributed by atoms with Crippen LogP contribution in [-0.2, 0) is 30.4 Å². The summed E-state index contributed by atoms with van der Waals surface area (Å²) in [5, 5.41) is 7.35. The molecule has 3 atom stereocenters. The first kappa shape index (κ1) is 34.8. The van der Waals surface area contributed by atoms with Gasteiger partial charge >= 0.3 is 11.3 Å². The fourth-order valence-electron chi connectivity index (χ4n) is 5.79. The Morgan fingerprint density at radius 2 is 1.83 bits per heavy atom. The molecule has 2 heterocycles. The van der Waals surface area contributed by atoms with Gasteiger partial charge in [-0.15, -0.1) is 4.40 Å². The number of nitrogens with one attached hydrogen (secondary N) is 3. The van der Waals surface area contributed by atoms with Gasteiger partial charge in [-0.1, -0.05) is 12.1 Å². The molecule has 0 saturated carbocycles. The van der Waals surface area contributed by atoms with Crippen LogP contribution in [0.4, 0.5) is 28.9 Å². The van der Waals surface area contributed by atoms with Crippen LogP contribution in [0.1, 0.15) is 31.4 Å². The van der Waals surface area contributed by atoms with Gasteiger partial charge in [0.15, 0.2) is 23.3 Å². The smallest absolute Gasteiger partial charge is 0.339 e. The molecule has 48 heavy (non-hydrogen) atoms. The number of hydrogen-bond acceptors (Lipinski definition) is 8. The van der Waals surface area contributed by atoms with Crippen LogP contribution < -0.4 is 25.0 Å². The molecule has 3 N–H and O–H groups in total. The van der Waals surface area contributed by atoms with Crippen LogP contribution in [0.25, 0.3) is 0 Å². The molecule has 2 aromatic carbocycles. The molecule has 0 bridgehead atoms. The van der Waals surface area contributed by atoms with Crippen LogP contribution in [0.5, 0.6) is 5.75 Å². The number of amides is 2. The first-order valence-electron chi connectivity index (χ1n) is 15.1. The summed E-state index contributed by atoms with van der Waals surface area (Å²) in [4.78, 5) is 39.1. The van der Waals surface area contributed by atoms with Crippen molar-refractivity contribution in [3.05, 3.63) is 75.6 Å². The van der Waals surface area contributed by atoms with E-state index in [1.165, 1.54) is 13.8 Å². The van der Waals surface area contributed by atoms with E-state index in [2.05, 4.69) is 20.3 Å². The van der Waals surface area contributed by atoms with Gasteiger partial charge in [-0.05, 0) is 50.5 Å². The lowest BCUT2D eigenvalue weighted by Gasteiger charge is -2.39. The van der Waals surface area contributed by atoms with E-state index in [1.54, 1.807) is 26.0 Å². The van der Waals surface area contributed by atoms with E-state index in [-0.39, 0.29) is 62.0 Å². The molecule has 2 aromatic rings. The average Bonchev–Trinajstić information content (AvgIpc) is 3.05. The lowest BCUT2D eigenvalue weighted by molar-refractivity contribution is -0.131. The second kappa shape index (κ2) is 14.3. The highest BCUT2D eigenvalue weighted by molar-refractivity contribution is 7.79. The molecule has 256 valence electrons. The van der Waals surface area contributed by atoms with Gasteiger partial charge < -0.3 is 29.8 Å². The van der Waals surface area contributed by atoms with Crippen LogP contribution in [0.3, 0.4) is 0 Å². The number of rotatable bonds is 10. The summed E-state index contributed by atoms with van der Waals surface area (Å²) in [6.45, 7) is 6.21. The van der Waals surface area contributed by atoms with Crippen LogP contribution in [0.2, 0.25) is 0 Å². The number of allylic oxidation sites excluding steroid dienone is 1. The Morgan fingerprint density at radius 3 is 2.50 bits per heavy atom. The Morgan fingerprint density at radius 1 is 1.12 bits per heavy atom. The number of hydrogen-bond donors (Lipinski definition) is 3. The van der Waals surface area contributed by atoms with Crippen molar-refractivity contribution in [3.8, 4) is 5.75 Å². The Bertz CT molecular complexity index is 1780. The molecule has 11 nitrogen and oxygen atoms in total. The number of ketones is 1. The van der Waals surface area contributed by atoms with Gasteiger partial charge in [0.1, 0.15) is 22.8 Å². The van der Waals surface area contributed by atoms with Crippen molar-refractivity contribution in [3.63, 3.8) is 0 Å². The molecule has 1 aliphatic carbocycles. The van der Waals surface area contributed by atoms with Gasteiger partial charge in [-0.2, -0.15) is 4.21 Å². The zero-order chi connectivity index (χ0) is 34.9. The Labute approximate surface area is 276 Å². The third-order valence-electron chi connectivity index (χ3n) is 8.24. The van der Waals surface area contributed by atoms with Gasteiger partial charge in [-0.3, -0.25) is 14.4 Å². The summed E-state index contributed by atoms with van der Waals surface area (Å²) in [5.41, 5.74) is -1.82. The van der Waals surface area contributed by atoms with Gasteiger partial charge in [0, 0.05) is 50.6 Å². The number of fused-ring (bicyclic) bond motifs is 2. The minimum Gasteiger partial charge on any atom is -0.383 e. The minimum atomic E-state index is -2.48.